The highest BCUT2D eigenvalue weighted by atomic mass is 15.3. The summed E-state index contributed by atoms with van der Waals surface area (Å²) in [5.74, 6) is 0.963. The van der Waals surface area contributed by atoms with Gasteiger partial charge in [0.1, 0.15) is 18.5 Å². The van der Waals surface area contributed by atoms with Crippen LogP contribution in [0, 0.1) is 6.92 Å². The molecule has 1 aliphatic rings. The van der Waals surface area contributed by atoms with Gasteiger partial charge in [-0.2, -0.15) is 5.10 Å². The maximum atomic E-state index is 4.83. The van der Waals surface area contributed by atoms with Gasteiger partial charge in [-0.15, -0.1) is 0 Å². The van der Waals surface area contributed by atoms with E-state index in [1.807, 2.05) is 22.9 Å². The SMILES string of the molecule is Cc1[nH]c(-c2ccccc2)nc1CN1CCN(CCn2cncn2)CC1. The third-order valence-electron chi connectivity index (χ3n) is 4.98. The Labute approximate surface area is 153 Å². The summed E-state index contributed by atoms with van der Waals surface area (Å²) in [6.45, 7) is 9.27. The number of benzene rings is 1. The first-order chi connectivity index (χ1) is 12.8. The lowest BCUT2D eigenvalue weighted by Gasteiger charge is -2.34. The van der Waals surface area contributed by atoms with Crippen LogP contribution in [0.2, 0.25) is 0 Å². The number of imidazole rings is 1. The highest BCUT2D eigenvalue weighted by Gasteiger charge is 2.19. The molecule has 0 atom stereocenters. The summed E-state index contributed by atoms with van der Waals surface area (Å²) in [6, 6.07) is 10.3. The quantitative estimate of drug-likeness (QED) is 0.733. The first-order valence-corrected chi connectivity index (χ1v) is 9.16. The van der Waals surface area contributed by atoms with Crippen LogP contribution in [0.4, 0.5) is 0 Å². The predicted molar refractivity (Wildman–Crippen MR) is 100 cm³/mol. The third-order valence-corrected chi connectivity index (χ3v) is 4.98. The van der Waals surface area contributed by atoms with E-state index in [0.29, 0.717) is 0 Å². The Bertz CT molecular complexity index is 802. The van der Waals surface area contributed by atoms with E-state index in [9.17, 15) is 0 Å². The fourth-order valence-electron chi connectivity index (χ4n) is 3.36. The van der Waals surface area contributed by atoms with Gasteiger partial charge in [0.05, 0.1) is 12.2 Å². The summed E-state index contributed by atoms with van der Waals surface area (Å²) in [7, 11) is 0. The molecule has 136 valence electrons. The number of nitrogens with one attached hydrogen (secondary N) is 1. The van der Waals surface area contributed by atoms with Crippen molar-refractivity contribution in [3.8, 4) is 11.4 Å². The minimum absolute atomic E-state index is 0.902. The number of nitrogens with zero attached hydrogens (tertiary/aromatic N) is 6. The molecule has 1 saturated heterocycles. The van der Waals surface area contributed by atoms with Gasteiger partial charge in [-0.05, 0) is 6.92 Å². The van der Waals surface area contributed by atoms with Crippen molar-refractivity contribution in [2.45, 2.75) is 20.0 Å². The molecular weight excluding hydrogens is 326 g/mol. The standard InChI is InChI=1S/C19H25N7/c1-16-18(23-19(22-16)17-5-3-2-4-6-17)13-25-9-7-24(8-10-25)11-12-26-15-20-14-21-26/h2-6,14-15H,7-13H2,1H3,(H,22,23). The monoisotopic (exact) mass is 351 g/mol. The molecule has 0 saturated carbocycles. The van der Waals surface area contributed by atoms with Crippen LogP contribution in [0.3, 0.4) is 0 Å². The number of aryl methyl sites for hydroxylation is 1. The minimum atomic E-state index is 0.902. The van der Waals surface area contributed by atoms with E-state index in [2.05, 4.69) is 43.9 Å². The van der Waals surface area contributed by atoms with Gasteiger partial charge >= 0.3 is 0 Å². The van der Waals surface area contributed by atoms with Crippen molar-refractivity contribution < 1.29 is 0 Å². The molecule has 0 radical (unpaired) electrons. The summed E-state index contributed by atoms with van der Waals surface area (Å²) >= 11 is 0. The lowest BCUT2D eigenvalue weighted by molar-refractivity contribution is 0.122. The van der Waals surface area contributed by atoms with Crippen LogP contribution in [0.25, 0.3) is 11.4 Å². The van der Waals surface area contributed by atoms with Crippen LogP contribution in [-0.4, -0.2) is 67.3 Å². The summed E-state index contributed by atoms with van der Waals surface area (Å²) in [5.41, 5.74) is 3.46. The largest absolute Gasteiger partial charge is 0.342 e. The van der Waals surface area contributed by atoms with Gasteiger partial charge in [0, 0.05) is 50.5 Å². The molecule has 2 aromatic heterocycles. The van der Waals surface area contributed by atoms with Crippen molar-refractivity contribution in [2.24, 2.45) is 0 Å². The van der Waals surface area contributed by atoms with Crippen molar-refractivity contribution in [2.75, 3.05) is 32.7 Å². The van der Waals surface area contributed by atoms with Crippen LogP contribution in [0.5, 0.6) is 0 Å². The molecule has 0 unspecified atom stereocenters. The second kappa shape index (κ2) is 7.80. The number of hydrogen-bond donors (Lipinski definition) is 1. The Balaban J connectivity index is 1.30. The maximum absolute atomic E-state index is 4.83. The molecule has 0 amide bonds. The smallest absolute Gasteiger partial charge is 0.137 e. The fraction of sp³-hybridized carbons (Fsp3) is 0.421. The molecule has 1 aromatic carbocycles. The third kappa shape index (κ3) is 4.00. The predicted octanol–water partition coefficient (Wildman–Crippen LogP) is 1.79. The first kappa shape index (κ1) is 16.9. The van der Waals surface area contributed by atoms with Gasteiger partial charge in [-0.25, -0.2) is 9.97 Å². The van der Waals surface area contributed by atoms with Crippen LogP contribution in [0.1, 0.15) is 11.4 Å². The zero-order valence-electron chi connectivity index (χ0n) is 15.2. The van der Waals surface area contributed by atoms with Crippen molar-refractivity contribution >= 4 is 0 Å². The number of H-pyrrole nitrogens is 1. The lowest BCUT2D eigenvalue weighted by Crippen LogP contribution is -2.46. The Kier molecular flexibility index (Phi) is 5.08. The highest BCUT2D eigenvalue weighted by molar-refractivity contribution is 5.55. The van der Waals surface area contributed by atoms with E-state index in [0.717, 1.165) is 68.6 Å². The number of aromatic nitrogens is 5. The van der Waals surface area contributed by atoms with Gasteiger partial charge in [0.2, 0.25) is 0 Å². The van der Waals surface area contributed by atoms with E-state index >= 15 is 0 Å². The van der Waals surface area contributed by atoms with Crippen LogP contribution >= 0.6 is 0 Å². The molecule has 1 fully saturated rings. The van der Waals surface area contributed by atoms with Crippen LogP contribution in [-0.2, 0) is 13.1 Å². The number of aromatic amines is 1. The second-order valence-electron chi connectivity index (χ2n) is 6.80. The number of hydrogen-bond acceptors (Lipinski definition) is 5. The molecule has 0 spiro atoms. The molecule has 4 rings (SSSR count). The summed E-state index contributed by atoms with van der Waals surface area (Å²) in [4.78, 5) is 17.2. The van der Waals surface area contributed by atoms with Crippen molar-refractivity contribution in [3.63, 3.8) is 0 Å². The normalized spacial score (nSPS) is 16.2. The first-order valence-electron chi connectivity index (χ1n) is 9.16. The summed E-state index contributed by atoms with van der Waals surface area (Å²) in [6.07, 6.45) is 3.37. The van der Waals surface area contributed by atoms with Crippen molar-refractivity contribution in [3.05, 3.63) is 54.4 Å². The van der Waals surface area contributed by atoms with E-state index in [-0.39, 0.29) is 0 Å². The van der Waals surface area contributed by atoms with E-state index in [1.165, 1.54) is 0 Å². The van der Waals surface area contributed by atoms with Crippen molar-refractivity contribution in [1.82, 2.24) is 34.5 Å². The Morgan fingerprint density at radius 2 is 1.77 bits per heavy atom. The molecule has 26 heavy (non-hydrogen) atoms. The number of rotatable bonds is 6. The van der Waals surface area contributed by atoms with Crippen LogP contribution < -0.4 is 0 Å². The van der Waals surface area contributed by atoms with Crippen molar-refractivity contribution in [1.29, 1.82) is 0 Å². The molecule has 1 N–H and O–H groups in total. The van der Waals surface area contributed by atoms with Gasteiger partial charge in [-0.3, -0.25) is 14.5 Å². The minimum Gasteiger partial charge on any atom is -0.342 e. The Morgan fingerprint density at radius 1 is 1.00 bits per heavy atom. The second-order valence-corrected chi connectivity index (χ2v) is 6.80. The van der Waals surface area contributed by atoms with Gasteiger partial charge in [0.25, 0.3) is 0 Å². The molecule has 7 nitrogen and oxygen atoms in total. The molecule has 0 aliphatic carbocycles. The molecule has 3 aromatic rings. The van der Waals surface area contributed by atoms with E-state index in [1.54, 1.807) is 12.7 Å². The molecule has 7 heteroatoms. The van der Waals surface area contributed by atoms with Gasteiger partial charge < -0.3 is 4.98 Å². The zero-order chi connectivity index (χ0) is 17.8. The van der Waals surface area contributed by atoms with E-state index < -0.39 is 0 Å². The molecule has 1 aliphatic heterocycles. The highest BCUT2D eigenvalue weighted by Crippen LogP contribution is 2.19. The average molecular weight is 351 g/mol. The zero-order valence-corrected chi connectivity index (χ0v) is 15.2. The molecule has 3 heterocycles. The Hall–Kier alpha value is -2.51. The summed E-state index contributed by atoms with van der Waals surface area (Å²) in [5, 5.41) is 4.17. The maximum Gasteiger partial charge on any atom is 0.137 e. The van der Waals surface area contributed by atoms with Gasteiger partial charge in [-0.1, -0.05) is 30.3 Å². The Morgan fingerprint density at radius 3 is 2.50 bits per heavy atom. The fourth-order valence-corrected chi connectivity index (χ4v) is 3.36. The van der Waals surface area contributed by atoms with Gasteiger partial charge in [0.15, 0.2) is 0 Å². The summed E-state index contributed by atoms with van der Waals surface area (Å²) < 4.78 is 1.89. The molecular formula is C19H25N7. The average Bonchev–Trinajstić information content (AvgIpc) is 3.32. The van der Waals surface area contributed by atoms with Crippen LogP contribution in [0.15, 0.2) is 43.0 Å². The number of piperazine rings is 1. The topological polar surface area (TPSA) is 65.9 Å². The lowest BCUT2D eigenvalue weighted by atomic mass is 10.2. The molecule has 0 bridgehead atoms. The van der Waals surface area contributed by atoms with E-state index in [4.69, 9.17) is 4.98 Å².